The number of ether oxygens (including phenoxy) is 3. The Morgan fingerprint density at radius 3 is 2.90 bits per heavy atom. The minimum atomic E-state index is -0.885. The third-order valence-electron chi connectivity index (χ3n) is 5.34. The van der Waals surface area contributed by atoms with Gasteiger partial charge in [0.25, 0.3) is 5.91 Å². The Morgan fingerprint density at radius 1 is 1.35 bits per heavy atom. The monoisotopic (exact) mass is 496 g/mol. The van der Waals surface area contributed by atoms with Crippen LogP contribution in [0.5, 0.6) is 5.75 Å². The second kappa shape index (κ2) is 11.5. The van der Waals surface area contributed by atoms with Gasteiger partial charge in [0.1, 0.15) is 18.4 Å². The maximum atomic E-state index is 13.1. The normalized spacial score (nSPS) is 21.0. The van der Waals surface area contributed by atoms with E-state index in [1.165, 1.54) is 4.90 Å². The highest BCUT2D eigenvalue weighted by molar-refractivity contribution is 9.10. The van der Waals surface area contributed by atoms with Crippen LogP contribution in [-0.2, 0) is 19.1 Å². The molecule has 0 aliphatic carbocycles. The van der Waals surface area contributed by atoms with Gasteiger partial charge in [-0.2, -0.15) is 0 Å². The molecule has 2 fully saturated rings. The van der Waals surface area contributed by atoms with Crippen LogP contribution < -0.4 is 10.1 Å². The molecule has 1 aromatic carbocycles. The van der Waals surface area contributed by atoms with E-state index in [0.717, 1.165) is 32.3 Å². The lowest BCUT2D eigenvalue weighted by molar-refractivity contribution is -0.147. The van der Waals surface area contributed by atoms with Crippen LogP contribution in [0.15, 0.2) is 22.7 Å². The number of nitrogens with one attached hydrogen (secondary N) is 1. The van der Waals surface area contributed by atoms with Crippen LogP contribution in [0, 0.1) is 0 Å². The number of carbonyl (C=O) groups is 3. The quantitative estimate of drug-likeness (QED) is 0.417. The molecule has 31 heavy (non-hydrogen) atoms. The fraction of sp³-hybridized carbons (Fsp3) is 0.591. The molecular weight excluding hydrogens is 468 g/mol. The molecule has 3 rings (SSSR count). The van der Waals surface area contributed by atoms with Crippen molar-refractivity contribution in [3.05, 3.63) is 28.2 Å². The number of amides is 2. The predicted octanol–water partition coefficient (Wildman–Crippen LogP) is 2.68. The molecule has 0 radical (unpaired) electrons. The van der Waals surface area contributed by atoms with Crippen molar-refractivity contribution < 1.29 is 28.6 Å². The summed E-state index contributed by atoms with van der Waals surface area (Å²) in [6.07, 6.45) is 3.63. The van der Waals surface area contributed by atoms with Crippen LogP contribution in [0.3, 0.4) is 0 Å². The first-order valence-corrected chi connectivity index (χ1v) is 11.6. The Labute approximate surface area is 190 Å². The average molecular weight is 497 g/mol. The number of hydrogen-bond acceptors (Lipinski definition) is 6. The van der Waals surface area contributed by atoms with E-state index in [9.17, 15) is 14.4 Å². The second-order valence-corrected chi connectivity index (χ2v) is 8.53. The second-order valence-electron chi connectivity index (χ2n) is 7.67. The number of nitrogens with zero attached hydrogens (tertiary/aromatic N) is 1. The summed E-state index contributed by atoms with van der Waals surface area (Å²) >= 11 is 3.46. The summed E-state index contributed by atoms with van der Waals surface area (Å²) in [4.78, 5) is 39.1. The minimum Gasteiger partial charge on any atom is -0.490 e. The Morgan fingerprint density at radius 2 is 2.19 bits per heavy atom. The van der Waals surface area contributed by atoms with Crippen LogP contribution >= 0.6 is 15.9 Å². The van der Waals surface area contributed by atoms with Gasteiger partial charge in [-0.1, -0.05) is 13.3 Å². The third kappa shape index (κ3) is 6.43. The summed E-state index contributed by atoms with van der Waals surface area (Å²) < 4.78 is 17.2. The van der Waals surface area contributed by atoms with Crippen molar-refractivity contribution in [2.75, 3.05) is 32.9 Å². The van der Waals surface area contributed by atoms with Crippen molar-refractivity contribution in [2.45, 2.75) is 51.2 Å². The fourth-order valence-electron chi connectivity index (χ4n) is 3.58. The molecule has 1 aromatic rings. The molecule has 8 nitrogen and oxygen atoms in total. The van der Waals surface area contributed by atoms with Crippen molar-refractivity contribution in [1.29, 1.82) is 0 Å². The van der Waals surface area contributed by atoms with Crippen LogP contribution in [0.1, 0.15) is 49.4 Å². The van der Waals surface area contributed by atoms with E-state index in [1.54, 1.807) is 18.2 Å². The molecule has 170 valence electrons. The first-order valence-electron chi connectivity index (χ1n) is 10.8. The summed E-state index contributed by atoms with van der Waals surface area (Å²) in [7, 11) is 0. The van der Waals surface area contributed by atoms with Crippen LogP contribution in [0.4, 0.5) is 0 Å². The lowest BCUT2D eigenvalue weighted by Crippen LogP contribution is -2.57. The van der Waals surface area contributed by atoms with Crippen molar-refractivity contribution >= 4 is 33.7 Å². The van der Waals surface area contributed by atoms with E-state index in [2.05, 4.69) is 21.2 Å². The predicted molar refractivity (Wildman–Crippen MR) is 117 cm³/mol. The maximum Gasteiger partial charge on any atom is 0.308 e. The molecule has 0 saturated carbocycles. The van der Waals surface area contributed by atoms with Gasteiger partial charge in [0.2, 0.25) is 5.91 Å². The summed E-state index contributed by atoms with van der Waals surface area (Å²) in [6, 6.07) is 4.19. The van der Waals surface area contributed by atoms with Gasteiger partial charge < -0.3 is 24.4 Å². The average Bonchev–Trinajstić information content (AvgIpc) is 3.27. The first kappa shape index (κ1) is 23.5. The molecule has 1 N–H and O–H groups in total. The topological polar surface area (TPSA) is 94.2 Å². The summed E-state index contributed by atoms with van der Waals surface area (Å²) in [6.45, 7) is 4.21. The smallest absolute Gasteiger partial charge is 0.308 e. The van der Waals surface area contributed by atoms with Crippen LogP contribution in [0.2, 0.25) is 0 Å². The van der Waals surface area contributed by atoms with Gasteiger partial charge >= 0.3 is 5.97 Å². The summed E-state index contributed by atoms with van der Waals surface area (Å²) in [5.41, 5.74) is 0.412. The maximum absolute atomic E-state index is 13.1. The zero-order valence-electron chi connectivity index (χ0n) is 17.7. The van der Waals surface area contributed by atoms with E-state index in [4.69, 9.17) is 14.2 Å². The Kier molecular flexibility index (Phi) is 8.71. The van der Waals surface area contributed by atoms with Crippen LogP contribution in [-0.4, -0.2) is 67.7 Å². The van der Waals surface area contributed by atoms with E-state index >= 15 is 0 Å². The molecule has 2 saturated heterocycles. The SMILES string of the molecule is CCCCOC(=O)CC1C(=O)NCCN1C(=O)c1ccc(OCC2CCCO2)c(Br)c1. The van der Waals surface area contributed by atoms with Crippen molar-refractivity contribution in [3.8, 4) is 5.75 Å². The number of piperazine rings is 1. The largest absolute Gasteiger partial charge is 0.490 e. The zero-order chi connectivity index (χ0) is 22.2. The number of rotatable bonds is 9. The molecule has 2 amide bonds. The van der Waals surface area contributed by atoms with E-state index in [1.807, 2.05) is 6.92 Å². The van der Waals surface area contributed by atoms with E-state index < -0.39 is 12.0 Å². The van der Waals surface area contributed by atoms with Gasteiger partial charge in [-0.15, -0.1) is 0 Å². The molecule has 9 heteroatoms. The van der Waals surface area contributed by atoms with E-state index in [-0.39, 0.29) is 24.3 Å². The zero-order valence-corrected chi connectivity index (χ0v) is 19.3. The minimum absolute atomic E-state index is 0.0953. The lowest BCUT2D eigenvalue weighted by atomic mass is 10.1. The molecule has 0 aromatic heterocycles. The highest BCUT2D eigenvalue weighted by Crippen LogP contribution is 2.28. The number of halogens is 1. The molecule has 2 aliphatic heterocycles. The number of hydrogen-bond donors (Lipinski definition) is 1. The molecule has 0 spiro atoms. The Balaban J connectivity index is 1.64. The molecule has 0 bridgehead atoms. The Bertz CT molecular complexity index is 796. The summed E-state index contributed by atoms with van der Waals surface area (Å²) in [5.74, 6) is -0.512. The highest BCUT2D eigenvalue weighted by Gasteiger charge is 2.35. The highest BCUT2D eigenvalue weighted by atomic mass is 79.9. The molecule has 2 aliphatic rings. The fourth-order valence-corrected chi connectivity index (χ4v) is 4.08. The molecule has 2 atom stereocenters. The van der Waals surface area contributed by atoms with Gasteiger partial charge in [-0.05, 0) is 53.4 Å². The van der Waals surface area contributed by atoms with Gasteiger partial charge in [0, 0.05) is 25.3 Å². The van der Waals surface area contributed by atoms with Gasteiger partial charge in [0.05, 0.1) is 23.6 Å². The number of benzene rings is 1. The van der Waals surface area contributed by atoms with Gasteiger partial charge in [-0.3, -0.25) is 14.4 Å². The Hall–Kier alpha value is -2.13. The first-order chi connectivity index (χ1) is 15.0. The van der Waals surface area contributed by atoms with Crippen molar-refractivity contribution in [3.63, 3.8) is 0 Å². The van der Waals surface area contributed by atoms with E-state index in [0.29, 0.717) is 42.1 Å². The van der Waals surface area contributed by atoms with Gasteiger partial charge in [-0.25, -0.2) is 0 Å². The van der Waals surface area contributed by atoms with Crippen molar-refractivity contribution in [2.24, 2.45) is 0 Å². The van der Waals surface area contributed by atoms with Gasteiger partial charge in [0.15, 0.2) is 0 Å². The number of carbonyl (C=O) groups excluding carboxylic acids is 3. The molecule has 2 heterocycles. The number of esters is 1. The standard InChI is InChI=1S/C22H29BrN2O6/c1-2-3-10-30-20(26)13-18-21(27)24-8-9-25(18)22(28)15-6-7-19(17(23)12-15)31-14-16-5-4-11-29-16/h6-7,12,16,18H,2-5,8-11,13-14H2,1H3,(H,24,27). The van der Waals surface area contributed by atoms with Crippen LogP contribution in [0.25, 0.3) is 0 Å². The third-order valence-corrected chi connectivity index (χ3v) is 5.96. The molecule has 2 unspecified atom stereocenters. The summed E-state index contributed by atoms with van der Waals surface area (Å²) in [5, 5.41) is 2.72. The van der Waals surface area contributed by atoms with Crippen molar-refractivity contribution in [1.82, 2.24) is 10.2 Å². The lowest BCUT2D eigenvalue weighted by Gasteiger charge is -2.34. The molecular formula is C22H29BrN2O6. The number of unbranched alkanes of at least 4 members (excludes halogenated alkanes) is 1.